The van der Waals surface area contributed by atoms with Gasteiger partial charge in [-0.3, -0.25) is 4.79 Å². The molecule has 1 fully saturated rings. The molecule has 1 aliphatic rings. The molecule has 0 unspecified atom stereocenters. The molecule has 0 aromatic heterocycles. The van der Waals surface area contributed by atoms with E-state index < -0.39 is 0 Å². The van der Waals surface area contributed by atoms with Crippen molar-refractivity contribution in [1.82, 2.24) is 4.90 Å². The van der Waals surface area contributed by atoms with Crippen LogP contribution in [0.3, 0.4) is 0 Å². The minimum absolute atomic E-state index is 0.0676. The summed E-state index contributed by atoms with van der Waals surface area (Å²) in [6.45, 7) is 1.38. The maximum Gasteiger partial charge on any atom is 0.255 e. The molecule has 1 aromatic carbocycles. The zero-order valence-corrected chi connectivity index (χ0v) is 16.9. The Balaban J connectivity index is 2.13. The van der Waals surface area contributed by atoms with Crippen LogP contribution in [0.25, 0.3) is 0 Å². The van der Waals surface area contributed by atoms with E-state index in [1.54, 1.807) is 11.8 Å². The first kappa shape index (κ1) is 17.5. The third kappa shape index (κ3) is 3.73. The second-order valence-electron chi connectivity index (χ2n) is 4.98. The molecule has 0 aliphatic carbocycles. The van der Waals surface area contributed by atoms with E-state index in [-0.39, 0.29) is 10.7 Å². The Bertz CT molecular complexity index is 574. The Labute approximate surface area is 156 Å². The molecular weight excluding hydrogens is 483 g/mol. The first-order valence-electron chi connectivity index (χ1n) is 6.49. The Morgan fingerprint density at radius 1 is 1.48 bits per heavy atom. The van der Waals surface area contributed by atoms with Gasteiger partial charge in [-0.15, -0.1) is 0 Å². The van der Waals surface area contributed by atoms with Gasteiger partial charge in [-0.25, -0.2) is 0 Å². The second kappa shape index (κ2) is 7.14. The minimum Gasteiger partial charge on any atom is -0.392 e. The van der Waals surface area contributed by atoms with Crippen LogP contribution in [0.1, 0.15) is 23.2 Å². The number of carbonyl (C=O) groups excluding carboxylic acids is 1. The van der Waals surface area contributed by atoms with Crippen molar-refractivity contribution in [2.75, 3.05) is 19.3 Å². The maximum atomic E-state index is 12.7. The average molecular weight is 499 g/mol. The topological polar surface area (TPSA) is 46.3 Å². The Hall–Kier alpha value is 0.140. The highest BCUT2D eigenvalue weighted by molar-refractivity contribution is 14.1. The molecule has 7 heteroatoms. The SMILES string of the molecule is CSC1(C(N)=S)CCN(C(=O)c2cc(I)ccc2Br)CC1. The highest BCUT2D eigenvalue weighted by Gasteiger charge is 2.38. The van der Waals surface area contributed by atoms with Crippen LogP contribution >= 0.6 is 62.5 Å². The molecule has 114 valence electrons. The zero-order chi connectivity index (χ0) is 15.6. The van der Waals surface area contributed by atoms with E-state index >= 15 is 0 Å². The molecular formula is C14H16BrIN2OS2. The smallest absolute Gasteiger partial charge is 0.255 e. The summed E-state index contributed by atoms with van der Waals surface area (Å²) < 4.78 is 1.73. The van der Waals surface area contributed by atoms with Crippen LogP contribution in [0.5, 0.6) is 0 Å². The number of hydrogen-bond donors (Lipinski definition) is 1. The molecule has 1 amide bonds. The molecule has 1 aliphatic heterocycles. The maximum absolute atomic E-state index is 12.7. The summed E-state index contributed by atoms with van der Waals surface area (Å²) in [6.07, 6.45) is 3.67. The van der Waals surface area contributed by atoms with E-state index in [0.717, 1.165) is 20.9 Å². The van der Waals surface area contributed by atoms with Crippen molar-refractivity contribution < 1.29 is 4.79 Å². The molecule has 1 heterocycles. The van der Waals surface area contributed by atoms with Crippen LogP contribution in [0.2, 0.25) is 0 Å². The first-order chi connectivity index (χ1) is 9.89. The summed E-state index contributed by atoms with van der Waals surface area (Å²) in [4.78, 5) is 15.1. The van der Waals surface area contributed by atoms with Gasteiger partial charge >= 0.3 is 0 Å². The fraction of sp³-hybridized carbons (Fsp3) is 0.429. The lowest BCUT2D eigenvalue weighted by Gasteiger charge is -2.40. The number of piperidine rings is 1. The fourth-order valence-electron chi connectivity index (χ4n) is 2.45. The van der Waals surface area contributed by atoms with Crippen LogP contribution in [0.15, 0.2) is 22.7 Å². The molecule has 2 N–H and O–H groups in total. The molecule has 0 saturated carbocycles. The molecule has 0 radical (unpaired) electrons. The molecule has 21 heavy (non-hydrogen) atoms. The largest absolute Gasteiger partial charge is 0.392 e. The summed E-state index contributed by atoms with van der Waals surface area (Å²) in [7, 11) is 0. The van der Waals surface area contributed by atoms with Crippen molar-refractivity contribution in [3.63, 3.8) is 0 Å². The van der Waals surface area contributed by atoms with Crippen molar-refractivity contribution in [3.8, 4) is 0 Å². The van der Waals surface area contributed by atoms with E-state index in [9.17, 15) is 4.79 Å². The molecule has 3 nitrogen and oxygen atoms in total. The van der Waals surface area contributed by atoms with Gasteiger partial charge in [0.05, 0.1) is 15.3 Å². The van der Waals surface area contributed by atoms with Gasteiger partial charge in [0.15, 0.2) is 0 Å². The van der Waals surface area contributed by atoms with Gasteiger partial charge in [0, 0.05) is 21.1 Å². The van der Waals surface area contributed by atoms with Crippen molar-refractivity contribution >= 4 is 73.4 Å². The molecule has 0 bridgehead atoms. The van der Waals surface area contributed by atoms with Crippen molar-refractivity contribution in [2.45, 2.75) is 17.6 Å². The van der Waals surface area contributed by atoms with Crippen molar-refractivity contribution in [3.05, 3.63) is 31.8 Å². The third-order valence-corrected chi connectivity index (χ3v) is 7.15. The molecule has 0 spiro atoms. The first-order valence-corrected chi connectivity index (χ1v) is 9.99. The highest BCUT2D eigenvalue weighted by atomic mass is 127. The Morgan fingerprint density at radius 3 is 2.62 bits per heavy atom. The quantitative estimate of drug-likeness (QED) is 0.510. The van der Waals surface area contributed by atoms with E-state index in [0.29, 0.717) is 23.6 Å². The number of nitrogens with zero attached hydrogens (tertiary/aromatic N) is 1. The van der Waals surface area contributed by atoms with Crippen molar-refractivity contribution in [2.24, 2.45) is 5.73 Å². The Morgan fingerprint density at radius 2 is 2.10 bits per heavy atom. The van der Waals surface area contributed by atoms with E-state index in [1.807, 2.05) is 29.4 Å². The number of rotatable bonds is 3. The number of carbonyl (C=O) groups is 1. The van der Waals surface area contributed by atoms with Gasteiger partial charge in [0.25, 0.3) is 5.91 Å². The van der Waals surface area contributed by atoms with E-state index in [2.05, 4.69) is 38.5 Å². The van der Waals surface area contributed by atoms with Gasteiger partial charge in [0.2, 0.25) is 0 Å². The van der Waals surface area contributed by atoms with Crippen LogP contribution in [-0.2, 0) is 0 Å². The number of nitrogens with two attached hydrogens (primary N) is 1. The van der Waals surface area contributed by atoms with Gasteiger partial charge in [0.1, 0.15) is 0 Å². The monoisotopic (exact) mass is 498 g/mol. The normalized spacial score (nSPS) is 17.6. The third-order valence-electron chi connectivity index (χ3n) is 3.86. The standard InChI is InChI=1S/C14H16BrIN2OS2/c1-21-14(13(17)20)4-6-18(7-5-14)12(19)10-8-9(16)2-3-11(10)15/h2-3,8H,4-7H2,1H3,(H2,17,20). The van der Waals surface area contributed by atoms with Gasteiger partial charge in [-0.2, -0.15) is 11.8 Å². The predicted octanol–water partition coefficient (Wildman–Crippen LogP) is 3.68. The number of halogens is 2. The van der Waals surface area contributed by atoms with Crippen LogP contribution in [0.4, 0.5) is 0 Å². The second-order valence-corrected chi connectivity index (χ2v) is 8.71. The van der Waals surface area contributed by atoms with Gasteiger partial charge in [-0.1, -0.05) is 12.2 Å². The lowest BCUT2D eigenvalue weighted by molar-refractivity contribution is 0.0718. The summed E-state index contributed by atoms with van der Waals surface area (Å²) in [5, 5.41) is 0. The molecule has 1 saturated heterocycles. The predicted molar refractivity (Wildman–Crippen MR) is 105 cm³/mol. The lowest BCUT2D eigenvalue weighted by atomic mass is 9.95. The summed E-state index contributed by atoms with van der Waals surface area (Å²) in [6, 6.07) is 5.81. The number of likely N-dealkylation sites (tertiary alicyclic amines) is 1. The summed E-state index contributed by atoms with van der Waals surface area (Å²) >= 11 is 12.6. The zero-order valence-electron chi connectivity index (χ0n) is 11.6. The number of amides is 1. The summed E-state index contributed by atoms with van der Waals surface area (Å²) in [5.41, 5.74) is 6.60. The molecule has 1 aromatic rings. The van der Waals surface area contributed by atoms with Gasteiger partial charge in [-0.05, 0) is 75.8 Å². The number of thiocarbonyl (C=S) groups is 1. The Kier molecular flexibility index (Phi) is 5.95. The van der Waals surface area contributed by atoms with Crippen LogP contribution in [0, 0.1) is 3.57 Å². The number of benzene rings is 1. The lowest BCUT2D eigenvalue weighted by Crippen LogP contribution is -2.50. The summed E-state index contributed by atoms with van der Waals surface area (Å²) in [5.74, 6) is 0.0676. The van der Waals surface area contributed by atoms with E-state index in [1.165, 1.54) is 0 Å². The van der Waals surface area contributed by atoms with Crippen LogP contribution < -0.4 is 5.73 Å². The van der Waals surface area contributed by atoms with Crippen LogP contribution in [-0.4, -0.2) is 39.9 Å². The molecule has 0 atom stereocenters. The number of hydrogen-bond acceptors (Lipinski definition) is 3. The average Bonchev–Trinajstić information content (AvgIpc) is 2.49. The van der Waals surface area contributed by atoms with E-state index in [4.69, 9.17) is 18.0 Å². The fourth-order valence-corrected chi connectivity index (χ4v) is 4.61. The molecule has 2 rings (SSSR count). The van der Waals surface area contributed by atoms with Crippen molar-refractivity contribution in [1.29, 1.82) is 0 Å². The van der Waals surface area contributed by atoms with Gasteiger partial charge < -0.3 is 10.6 Å². The highest BCUT2D eigenvalue weighted by Crippen LogP contribution is 2.35. The number of thioether (sulfide) groups is 1. The minimum atomic E-state index is -0.158.